The monoisotopic (exact) mass is 445 g/mol. The van der Waals surface area contributed by atoms with Crippen LogP contribution >= 0.6 is 36.2 Å². The number of halogens is 2. The molecule has 2 bridgehead atoms. The number of ether oxygens (including phenoxy) is 2. The van der Waals surface area contributed by atoms with Gasteiger partial charge in [0, 0.05) is 29.6 Å². The summed E-state index contributed by atoms with van der Waals surface area (Å²) in [6.07, 6.45) is 3.20. The molecule has 1 aromatic carbocycles. The fraction of sp³-hybridized carbons (Fsp3) is 0.474. The average molecular weight is 446 g/mol. The molecule has 3 heterocycles. The summed E-state index contributed by atoms with van der Waals surface area (Å²) in [6.45, 7) is 2.25. The van der Waals surface area contributed by atoms with Crippen LogP contribution in [0, 0.1) is 0 Å². The Morgan fingerprint density at radius 1 is 1.25 bits per heavy atom. The molecule has 0 spiro atoms. The van der Waals surface area contributed by atoms with Gasteiger partial charge in [-0.1, -0.05) is 0 Å². The van der Waals surface area contributed by atoms with Crippen molar-refractivity contribution in [1.82, 2.24) is 15.2 Å². The van der Waals surface area contributed by atoms with Crippen molar-refractivity contribution in [1.29, 1.82) is 0 Å². The van der Waals surface area contributed by atoms with Crippen molar-refractivity contribution < 1.29 is 14.3 Å². The number of fused-ring (bicyclic) bond motifs is 2. The third-order valence-electron chi connectivity index (χ3n) is 5.16. The maximum absolute atomic E-state index is 13.1. The summed E-state index contributed by atoms with van der Waals surface area (Å²) in [6, 6.07) is 6.07. The summed E-state index contributed by atoms with van der Waals surface area (Å²) < 4.78 is 11.3. The van der Waals surface area contributed by atoms with E-state index in [0.717, 1.165) is 38.0 Å². The van der Waals surface area contributed by atoms with Crippen LogP contribution in [0.25, 0.3) is 0 Å². The van der Waals surface area contributed by atoms with E-state index in [1.165, 1.54) is 11.3 Å². The Labute approximate surface area is 181 Å². The van der Waals surface area contributed by atoms with E-state index >= 15 is 0 Å². The van der Waals surface area contributed by atoms with Crippen LogP contribution in [0.5, 0.6) is 11.5 Å². The molecule has 2 aliphatic heterocycles. The number of carbonyl (C=O) groups is 1. The quantitative estimate of drug-likeness (QED) is 0.762. The van der Waals surface area contributed by atoms with Gasteiger partial charge in [0.25, 0.3) is 5.91 Å². The van der Waals surface area contributed by atoms with Crippen LogP contribution in [0.2, 0.25) is 0 Å². The summed E-state index contributed by atoms with van der Waals surface area (Å²) in [7, 11) is 1.60. The van der Waals surface area contributed by atoms with Crippen molar-refractivity contribution in [3.63, 3.8) is 0 Å². The Balaban J connectivity index is 0.00000140. The highest BCUT2D eigenvalue weighted by Crippen LogP contribution is 2.33. The molecule has 2 unspecified atom stereocenters. The van der Waals surface area contributed by atoms with Crippen molar-refractivity contribution in [2.75, 3.05) is 20.2 Å². The molecule has 4 rings (SSSR count). The summed E-state index contributed by atoms with van der Waals surface area (Å²) in [5, 5.41) is 5.38. The third-order valence-corrected chi connectivity index (χ3v) is 5.79. The summed E-state index contributed by atoms with van der Waals surface area (Å²) >= 11 is 1.54. The lowest BCUT2D eigenvalue weighted by Crippen LogP contribution is -2.42. The van der Waals surface area contributed by atoms with Crippen molar-refractivity contribution in [2.24, 2.45) is 0 Å². The van der Waals surface area contributed by atoms with Gasteiger partial charge in [0.1, 0.15) is 6.61 Å². The number of amides is 1. The molecule has 0 saturated carbocycles. The van der Waals surface area contributed by atoms with Gasteiger partial charge < -0.3 is 19.7 Å². The number of thiazole rings is 1. The van der Waals surface area contributed by atoms with Crippen molar-refractivity contribution >= 4 is 42.1 Å². The van der Waals surface area contributed by atoms with E-state index in [0.29, 0.717) is 35.8 Å². The Morgan fingerprint density at radius 2 is 2.07 bits per heavy atom. The van der Waals surface area contributed by atoms with Gasteiger partial charge in [0.2, 0.25) is 0 Å². The second-order valence-corrected chi connectivity index (χ2v) is 7.44. The van der Waals surface area contributed by atoms with Crippen LogP contribution in [-0.4, -0.2) is 48.1 Å². The Bertz CT molecular complexity index is 762. The van der Waals surface area contributed by atoms with E-state index in [-0.39, 0.29) is 30.7 Å². The maximum Gasteiger partial charge on any atom is 0.254 e. The Hall–Kier alpha value is -1.54. The summed E-state index contributed by atoms with van der Waals surface area (Å²) in [5.74, 6) is 1.29. The standard InChI is InChI=1S/C19H23N3O3S.2ClH/c1-24-18-8-13(2-5-17(18)25-10-14-11-26-12-21-14)19(23)22-15-3-4-16(22)9-20-7-6-15;;/h2,5,8,11-12,15-16,20H,3-4,6-7,9-10H2,1H3;2*1H. The molecule has 0 aliphatic carbocycles. The first kappa shape index (κ1) is 22.7. The van der Waals surface area contributed by atoms with Crippen LogP contribution in [0.4, 0.5) is 0 Å². The molecule has 1 N–H and O–H groups in total. The first-order valence-electron chi connectivity index (χ1n) is 8.97. The van der Waals surface area contributed by atoms with Crippen molar-refractivity contribution in [3.05, 3.63) is 40.3 Å². The maximum atomic E-state index is 13.1. The number of hydrogen-bond acceptors (Lipinski definition) is 6. The number of methoxy groups -OCH3 is 1. The zero-order chi connectivity index (χ0) is 17.9. The van der Waals surface area contributed by atoms with Crippen molar-refractivity contribution in [3.8, 4) is 11.5 Å². The predicted molar refractivity (Wildman–Crippen MR) is 114 cm³/mol. The first-order valence-corrected chi connectivity index (χ1v) is 9.92. The minimum Gasteiger partial charge on any atom is -0.493 e. The lowest BCUT2D eigenvalue weighted by atomic mass is 10.1. The highest BCUT2D eigenvalue weighted by Gasteiger charge is 2.38. The van der Waals surface area contributed by atoms with Crippen molar-refractivity contribution in [2.45, 2.75) is 38.0 Å². The smallest absolute Gasteiger partial charge is 0.254 e. The molecule has 2 atom stereocenters. The van der Waals surface area contributed by atoms with E-state index in [9.17, 15) is 4.79 Å². The number of nitrogens with one attached hydrogen (secondary N) is 1. The molecule has 6 nitrogen and oxygen atoms in total. The predicted octanol–water partition coefficient (Wildman–Crippen LogP) is 3.54. The average Bonchev–Trinajstić information content (AvgIpc) is 3.26. The van der Waals surface area contributed by atoms with Gasteiger partial charge in [-0.15, -0.1) is 36.2 Å². The molecule has 154 valence electrons. The van der Waals surface area contributed by atoms with Gasteiger partial charge in [-0.3, -0.25) is 4.79 Å². The highest BCUT2D eigenvalue weighted by molar-refractivity contribution is 7.07. The fourth-order valence-electron chi connectivity index (χ4n) is 3.84. The van der Waals surface area contributed by atoms with E-state index in [1.54, 1.807) is 18.7 Å². The number of nitrogens with zero attached hydrogens (tertiary/aromatic N) is 2. The lowest BCUT2D eigenvalue weighted by molar-refractivity contribution is 0.0680. The fourth-order valence-corrected chi connectivity index (χ4v) is 4.39. The van der Waals surface area contributed by atoms with Gasteiger partial charge >= 0.3 is 0 Å². The first-order chi connectivity index (χ1) is 12.8. The topological polar surface area (TPSA) is 63.7 Å². The number of carbonyl (C=O) groups excluding carboxylic acids is 1. The minimum absolute atomic E-state index is 0. The molecule has 2 saturated heterocycles. The molecular formula is C19H25Cl2N3O3S. The third kappa shape index (κ3) is 4.71. The van der Waals surface area contributed by atoms with E-state index in [1.807, 2.05) is 17.5 Å². The number of aromatic nitrogens is 1. The molecule has 1 amide bonds. The molecule has 2 aromatic rings. The van der Waals surface area contributed by atoms with Crippen LogP contribution in [0.15, 0.2) is 29.1 Å². The van der Waals surface area contributed by atoms with E-state index in [2.05, 4.69) is 15.2 Å². The SMILES string of the molecule is COc1cc(C(=O)N2C3CCNCC2CC3)ccc1OCc1cscn1.Cl.Cl. The van der Waals surface area contributed by atoms with Crippen LogP contribution in [-0.2, 0) is 6.61 Å². The number of benzene rings is 1. The van der Waals surface area contributed by atoms with Gasteiger partial charge in [-0.25, -0.2) is 4.98 Å². The molecule has 9 heteroatoms. The normalized spacial score (nSPS) is 20.5. The molecule has 0 radical (unpaired) electrons. The minimum atomic E-state index is 0. The van der Waals surface area contributed by atoms with Crippen LogP contribution in [0.3, 0.4) is 0 Å². The zero-order valence-corrected chi connectivity index (χ0v) is 18.1. The molecular weight excluding hydrogens is 421 g/mol. The van der Waals surface area contributed by atoms with E-state index in [4.69, 9.17) is 9.47 Å². The number of rotatable bonds is 5. The highest BCUT2D eigenvalue weighted by atomic mass is 35.5. The summed E-state index contributed by atoms with van der Waals surface area (Å²) in [4.78, 5) is 19.4. The molecule has 1 aromatic heterocycles. The van der Waals surface area contributed by atoms with Gasteiger partial charge in [0.15, 0.2) is 11.5 Å². The molecule has 28 heavy (non-hydrogen) atoms. The van der Waals surface area contributed by atoms with Gasteiger partial charge in [-0.2, -0.15) is 0 Å². The largest absolute Gasteiger partial charge is 0.493 e. The summed E-state index contributed by atoms with van der Waals surface area (Å²) in [5.41, 5.74) is 3.31. The van der Waals surface area contributed by atoms with Crippen LogP contribution < -0.4 is 14.8 Å². The second kappa shape index (κ2) is 10.3. The lowest BCUT2D eigenvalue weighted by Gasteiger charge is -2.28. The van der Waals surface area contributed by atoms with Gasteiger partial charge in [-0.05, 0) is 44.0 Å². The second-order valence-electron chi connectivity index (χ2n) is 6.72. The van der Waals surface area contributed by atoms with Gasteiger partial charge in [0.05, 0.1) is 18.3 Å². The Morgan fingerprint density at radius 3 is 2.82 bits per heavy atom. The molecule has 2 aliphatic rings. The number of hydrogen-bond donors (Lipinski definition) is 1. The van der Waals surface area contributed by atoms with Crippen LogP contribution in [0.1, 0.15) is 35.3 Å². The van der Waals surface area contributed by atoms with E-state index < -0.39 is 0 Å². The molecule has 2 fully saturated rings. The zero-order valence-electron chi connectivity index (χ0n) is 15.6. The Kier molecular flexibility index (Phi) is 8.37.